The van der Waals surface area contributed by atoms with Gasteiger partial charge < -0.3 is 26.4 Å². The summed E-state index contributed by atoms with van der Waals surface area (Å²) in [5.41, 5.74) is 8.67. The number of ether oxygens (including phenoxy) is 1. The molecule has 0 aliphatic rings. The van der Waals surface area contributed by atoms with Crippen molar-refractivity contribution in [1.29, 1.82) is 0 Å². The summed E-state index contributed by atoms with van der Waals surface area (Å²) in [6, 6.07) is 13.7. The molecule has 2 heterocycles. The summed E-state index contributed by atoms with van der Waals surface area (Å²) in [5, 5.41) is 13.1. The molecule has 0 unspecified atom stereocenters. The van der Waals surface area contributed by atoms with E-state index >= 15 is 0 Å². The molecule has 0 saturated carbocycles. The van der Waals surface area contributed by atoms with E-state index in [1.807, 2.05) is 23.6 Å². The second kappa shape index (κ2) is 11.5. The molecule has 4 amide bonds. The molecule has 190 valence electrons. The third kappa shape index (κ3) is 6.39. The van der Waals surface area contributed by atoms with Crippen LogP contribution in [-0.2, 0) is 4.79 Å². The normalized spacial score (nSPS) is 10.4. The predicted octanol–water partition coefficient (Wildman–Crippen LogP) is 3.64. The molecule has 0 bridgehead atoms. The van der Waals surface area contributed by atoms with Crippen LogP contribution in [0.3, 0.4) is 0 Å². The van der Waals surface area contributed by atoms with Gasteiger partial charge in [-0.1, -0.05) is 29.5 Å². The Morgan fingerprint density at radius 3 is 2.65 bits per heavy atom. The molecule has 4 rings (SSSR count). The molecule has 0 saturated heterocycles. The molecule has 0 radical (unpaired) electrons. The Hall–Kier alpha value is -4.49. The van der Waals surface area contributed by atoms with Crippen molar-refractivity contribution >= 4 is 57.2 Å². The van der Waals surface area contributed by atoms with E-state index < -0.39 is 6.03 Å². The van der Waals surface area contributed by atoms with Gasteiger partial charge in [0.25, 0.3) is 5.91 Å². The third-order valence-electron chi connectivity index (χ3n) is 5.01. The Kier molecular flexibility index (Phi) is 7.95. The van der Waals surface area contributed by atoms with Crippen molar-refractivity contribution in [1.82, 2.24) is 20.6 Å². The summed E-state index contributed by atoms with van der Waals surface area (Å²) < 4.78 is 5.19. The molecular formula is C24H23N7O4S2. The van der Waals surface area contributed by atoms with Crippen molar-refractivity contribution in [2.75, 3.05) is 37.1 Å². The first-order valence-corrected chi connectivity index (χ1v) is 12.6. The Morgan fingerprint density at radius 1 is 1.05 bits per heavy atom. The zero-order chi connectivity index (χ0) is 26.4. The van der Waals surface area contributed by atoms with Gasteiger partial charge >= 0.3 is 6.03 Å². The van der Waals surface area contributed by atoms with Crippen LogP contribution in [0.15, 0.2) is 53.9 Å². The van der Waals surface area contributed by atoms with Gasteiger partial charge in [0.15, 0.2) is 5.13 Å². The van der Waals surface area contributed by atoms with Crippen molar-refractivity contribution in [2.24, 2.45) is 0 Å². The van der Waals surface area contributed by atoms with Crippen molar-refractivity contribution < 1.29 is 19.1 Å². The summed E-state index contributed by atoms with van der Waals surface area (Å²) in [7, 11) is 3.03. The highest BCUT2D eigenvalue weighted by molar-refractivity contribution is 7.23. The molecule has 0 spiro atoms. The average Bonchev–Trinajstić information content (AvgIpc) is 3.54. The van der Waals surface area contributed by atoms with E-state index in [1.54, 1.807) is 37.4 Å². The van der Waals surface area contributed by atoms with E-state index in [0.29, 0.717) is 32.6 Å². The van der Waals surface area contributed by atoms with Gasteiger partial charge in [-0.05, 0) is 30.3 Å². The number of hydrogen-bond acceptors (Lipinski definition) is 9. The standard InChI is InChI=1S/C24H23N7O4S2/c1-26-18(32)11-27-23(34)31-24-30-20(25)19(37-24)22-29-17(12-36-22)13-5-3-7-15(9-13)28-21(33)14-6-4-8-16(10-14)35-2/h3-10,12H,11,25H2,1-2H3,(H,26,32)(H,28,33)(H2,27,30,31,34). The van der Waals surface area contributed by atoms with Crippen LogP contribution in [0.1, 0.15) is 10.4 Å². The highest BCUT2D eigenvalue weighted by Crippen LogP contribution is 2.38. The highest BCUT2D eigenvalue weighted by Gasteiger charge is 2.17. The van der Waals surface area contributed by atoms with Crippen molar-refractivity contribution in [3.8, 4) is 26.9 Å². The SMILES string of the molecule is CNC(=O)CNC(=O)Nc1nc(N)c(-c2nc(-c3cccc(NC(=O)c4cccc(OC)c4)c3)cs2)s1. The minimum absolute atomic E-state index is 0.162. The zero-order valence-electron chi connectivity index (χ0n) is 19.8. The van der Waals surface area contributed by atoms with Gasteiger partial charge in [0.1, 0.15) is 21.5 Å². The van der Waals surface area contributed by atoms with Crippen LogP contribution < -0.4 is 31.7 Å². The molecule has 37 heavy (non-hydrogen) atoms. The number of urea groups is 1. The van der Waals surface area contributed by atoms with Crippen LogP contribution in [0.2, 0.25) is 0 Å². The van der Waals surface area contributed by atoms with Crippen molar-refractivity contribution in [3.05, 3.63) is 59.5 Å². The topological polar surface area (TPSA) is 160 Å². The number of carbonyl (C=O) groups is 3. The number of rotatable bonds is 8. The maximum atomic E-state index is 12.7. The number of nitrogens with one attached hydrogen (secondary N) is 4. The van der Waals surface area contributed by atoms with Crippen molar-refractivity contribution in [3.63, 3.8) is 0 Å². The number of methoxy groups -OCH3 is 1. The van der Waals surface area contributed by atoms with E-state index in [-0.39, 0.29) is 29.3 Å². The summed E-state index contributed by atoms with van der Waals surface area (Å²) in [6.07, 6.45) is 0. The fourth-order valence-corrected chi connectivity index (χ4v) is 4.97. The lowest BCUT2D eigenvalue weighted by molar-refractivity contribution is -0.119. The number of anilines is 3. The third-order valence-corrected chi connectivity index (χ3v) is 6.99. The van der Waals surface area contributed by atoms with Gasteiger partial charge in [-0.25, -0.2) is 14.8 Å². The molecule has 0 atom stereocenters. The highest BCUT2D eigenvalue weighted by atomic mass is 32.1. The Morgan fingerprint density at radius 2 is 1.86 bits per heavy atom. The van der Waals surface area contributed by atoms with Crippen LogP contribution in [0, 0.1) is 0 Å². The number of likely N-dealkylation sites (N-methyl/N-ethyl adjacent to an activating group) is 1. The summed E-state index contributed by atoms with van der Waals surface area (Å²) >= 11 is 2.55. The fourth-order valence-electron chi connectivity index (χ4n) is 3.16. The first kappa shape index (κ1) is 25.6. The van der Waals surface area contributed by atoms with E-state index in [9.17, 15) is 14.4 Å². The molecule has 2 aromatic carbocycles. The molecule has 0 fully saturated rings. The molecule has 2 aromatic heterocycles. The lowest BCUT2D eigenvalue weighted by atomic mass is 10.1. The number of nitrogens with zero attached hydrogens (tertiary/aromatic N) is 2. The number of nitrogens with two attached hydrogens (primary N) is 1. The van der Waals surface area contributed by atoms with E-state index in [4.69, 9.17) is 10.5 Å². The molecule has 11 nitrogen and oxygen atoms in total. The van der Waals surface area contributed by atoms with E-state index in [0.717, 1.165) is 5.56 Å². The number of hydrogen-bond donors (Lipinski definition) is 5. The monoisotopic (exact) mass is 537 g/mol. The lowest BCUT2D eigenvalue weighted by Gasteiger charge is -2.08. The van der Waals surface area contributed by atoms with E-state index in [1.165, 1.54) is 29.7 Å². The van der Waals surface area contributed by atoms with Crippen molar-refractivity contribution in [2.45, 2.75) is 0 Å². The summed E-state index contributed by atoms with van der Waals surface area (Å²) in [4.78, 5) is 45.4. The van der Waals surface area contributed by atoms with Crippen LogP contribution in [-0.4, -0.2) is 48.5 Å². The number of nitrogen functional groups attached to an aromatic ring is 1. The largest absolute Gasteiger partial charge is 0.497 e. The Labute approximate surface area is 220 Å². The maximum absolute atomic E-state index is 12.7. The second-order valence-electron chi connectivity index (χ2n) is 7.52. The molecule has 6 N–H and O–H groups in total. The summed E-state index contributed by atoms with van der Waals surface area (Å²) in [5.74, 6) is 0.244. The number of amides is 4. The molecular weight excluding hydrogens is 514 g/mol. The van der Waals surface area contributed by atoms with E-state index in [2.05, 4.69) is 31.2 Å². The lowest BCUT2D eigenvalue weighted by Crippen LogP contribution is -2.37. The Balaban J connectivity index is 1.46. The van der Waals surface area contributed by atoms with Crippen LogP contribution in [0.5, 0.6) is 5.75 Å². The quantitative estimate of drug-likeness (QED) is 0.229. The number of carbonyl (C=O) groups excluding carboxylic acids is 3. The van der Waals surface area contributed by atoms with Crippen LogP contribution in [0.25, 0.3) is 21.1 Å². The zero-order valence-corrected chi connectivity index (χ0v) is 21.5. The smallest absolute Gasteiger partial charge is 0.321 e. The summed E-state index contributed by atoms with van der Waals surface area (Å²) in [6.45, 7) is -0.162. The number of aromatic nitrogens is 2. The van der Waals surface area contributed by atoms with Crippen LogP contribution in [0.4, 0.5) is 21.4 Å². The molecule has 0 aliphatic carbocycles. The van der Waals surface area contributed by atoms with Gasteiger partial charge in [-0.3, -0.25) is 14.9 Å². The molecule has 4 aromatic rings. The molecule has 0 aliphatic heterocycles. The van der Waals surface area contributed by atoms with Gasteiger partial charge in [-0.2, -0.15) is 0 Å². The first-order chi connectivity index (χ1) is 17.9. The van der Waals surface area contributed by atoms with Gasteiger partial charge in [0.2, 0.25) is 5.91 Å². The second-order valence-corrected chi connectivity index (χ2v) is 9.38. The number of thiazole rings is 2. The fraction of sp³-hybridized carbons (Fsp3) is 0.125. The van der Waals surface area contributed by atoms with Gasteiger partial charge in [-0.15, -0.1) is 11.3 Å². The first-order valence-electron chi connectivity index (χ1n) is 10.9. The Bertz CT molecular complexity index is 1450. The minimum Gasteiger partial charge on any atom is -0.497 e. The van der Waals surface area contributed by atoms with Gasteiger partial charge in [0.05, 0.1) is 19.3 Å². The predicted molar refractivity (Wildman–Crippen MR) is 145 cm³/mol. The van der Waals surface area contributed by atoms with Gasteiger partial charge in [0, 0.05) is 29.2 Å². The number of benzene rings is 2. The molecule has 13 heteroatoms. The van der Waals surface area contributed by atoms with Crippen LogP contribution >= 0.6 is 22.7 Å². The minimum atomic E-state index is -0.573. The maximum Gasteiger partial charge on any atom is 0.321 e. The average molecular weight is 538 g/mol.